The van der Waals surface area contributed by atoms with Gasteiger partial charge in [0.25, 0.3) is 0 Å². The third-order valence-electron chi connectivity index (χ3n) is 2.31. The Morgan fingerprint density at radius 2 is 1.46 bits per heavy atom. The molecular weight excluding hydrogens is 156 g/mol. The molecule has 0 aromatic heterocycles. The molecule has 1 radical (unpaired) electrons. The minimum Gasteiger partial charge on any atom is -0.0885 e. The predicted octanol–water partition coefficient (Wildman–Crippen LogP) is 4.91. The summed E-state index contributed by atoms with van der Waals surface area (Å²) in [5.74, 6) is 0. The lowest BCUT2D eigenvalue weighted by molar-refractivity contribution is 0.592. The Morgan fingerprint density at radius 1 is 0.846 bits per heavy atom. The molecule has 0 rings (SSSR count). The summed E-state index contributed by atoms with van der Waals surface area (Å²) in [6.45, 7) is 6.03. The van der Waals surface area contributed by atoms with E-state index in [1.807, 2.05) is 0 Å². The van der Waals surface area contributed by atoms with Crippen molar-refractivity contribution in [3.05, 3.63) is 19.1 Å². The quantitative estimate of drug-likeness (QED) is 0.350. The molecule has 0 aliphatic heterocycles. The largest absolute Gasteiger partial charge is 0.0885 e. The first-order chi connectivity index (χ1) is 6.41. The lowest BCUT2D eigenvalue weighted by atomic mass is 10.1. The molecule has 0 unspecified atom stereocenters. The van der Waals surface area contributed by atoms with E-state index in [0.717, 1.165) is 6.42 Å². The highest BCUT2D eigenvalue weighted by Crippen LogP contribution is 2.08. The number of allylic oxidation sites excluding steroid dienone is 2. The van der Waals surface area contributed by atoms with E-state index < -0.39 is 0 Å². The molecule has 0 fully saturated rings. The standard InChI is InChI=1S/C13H25/c1-3-5-7-9-11-13-12-10-8-6-4-2/h5,7H,1,3-4,6,8-13H2,2H3/b7-5+. The van der Waals surface area contributed by atoms with Crippen molar-refractivity contribution in [1.29, 1.82) is 0 Å². The first kappa shape index (κ1) is 12.7. The number of rotatable bonds is 9. The van der Waals surface area contributed by atoms with Crippen molar-refractivity contribution in [2.75, 3.05) is 0 Å². The van der Waals surface area contributed by atoms with Crippen LogP contribution >= 0.6 is 0 Å². The van der Waals surface area contributed by atoms with E-state index >= 15 is 0 Å². The molecule has 0 atom stereocenters. The molecular formula is C13H25. The molecule has 0 aromatic carbocycles. The van der Waals surface area contributed by atoms with Crippen molar-refractivity contribution in [2.45, 2.75) is 64.7 Å². The van der Waals surface area contributed by atoms with Gasteiger partial charge in [0.15, 0.2) is 0 Å². The van der Waals surface area contributed by atoms with Gasteiger partial charge < -0.3 is 0 Å². The Kier molecular flexibility index (Phi) is 11.5. The number of hydrogen-bond acceptors (Lipinski definition) is 0. The van der Waals surface area contributed by atoms with Crippen molar-refractivity contribution in [1.82, 2.24) is 0 Å². The summed E-state index contributed by atoms with van der Waals surface area (Å²) >= 11 is 0. The first-order valence-corrected chi connectivity index (χ1v) is 5.86. The Labute approximate surface area is 84.4 Å². The van der Waals surface area contributed by atoms with Gasteiger partial charge in [0, 0.05) is 0 Å². The third kappa shape index (κ3) is 11.7. The smallest absolute Gasteiger partial charge is 0.0351 e. The fourth-order valence-electron chi connectivity index (χ4n) is 1.45. The lowest BCUT2D eigenvalue weighted by Crippen LogP contribution is -1.78. The van der Waals surface area contributed by atoms with E-state index in [0.29, 0.717) is 0 Å². The van der Waals surface area contributed by atoms with Gasteiger partial charge in [0.05, 0.1) is 0 Å². The maximum atomic E-state index is 3.77. The van der Waals surface area contributed by atoms with Crippen LogP contribution in [0.1, 0.15) is 64.7 Å². The molecule has 0 bridgehead atoms. The van der Waals surface area contributed by atoms with Crippen LogP contribution in [0, 0.1) is 6.92 Å². The summed E-state index contributed by atoms with van der Waals surface area (Å²) in [5, 5.41) is 0. The second-order valence-electron chi connectivity index (χ2n) is 3.67. The molecule has 0 N–H and O–H groups in total. The molecule has 0 heterocycles. The van der Waals surface area contributed by atoms with Crippen LogP contribution in [0.2, 0.25) is 0 Å². The van der Waals surface area contributed by atoms with E-state index in [1.165, 1.54) is 51.4 Å². The van der Waals surface area contributed by atoms with E-state index in [9.17, 15) is 0 Å². The predicted molar refractivity (Wildman–Crippen MR) is 61.7 cm³/mol. The van der Waals surface area contributed by atoms with Crippen LogP contribution in [0.5, 0.6) is 0 Å². The van der Waals surface area contributed by atoms with E-state index in [1.54, 1.807) is 0 Å². The van der Waals surface area contributed by atoms with Gasteiger partial charge in [-0.2, -0.15) is 0 Å². The summed E-state index contributed by atoms with van der Waals surface area (Å²) in [6.07, 6.45) is 16.5. The zero-order valence-electron chi connectivity index (χ0n) is 9.23. The highest BCUT2D eigenvalue weighted by Gasteiger charge is 1.88. The summed E-state index contributed by atoms with van der Waals surface area (Å²) < 4.78 is 0. The molecule has 77 valence electrons. The van der Waals surface area contributed by atoms with Crippen LogP contribution in [-0.2, 0) is 0 Å². The van der Waals surface area contributed by atoms with E-state index in [4.69, 9.17) is 0 Å². The highest BCUT2D eigenvalue weighted by molar-refractivity contribution is 4.81. The van der Waals surface area contributed by atoms with Gasteiger partial charge in [-0.3, -0.25) is 0 Å². The van der Waals surface area contributed by atoms with Crippen LogP contribution < -0.4 is 0 Å². The van der Waals surface area contributed by atoms with Crippen LogP contribution in [-0.4, -0.2) is 0 Å². The second kappa shape index (κ2) is 11.7. The van der Waals surface area contributed by atoms with E-state index in [-0.39, 0.29) is 0 Å². The molecule has 0 saturated carbocycles. The minimum atomic E-state index is 0.941. The van der Waals surface area contributed by atoms with Gasteiger partial charge in [0.1, 0.15) is 0 Å². The monoisotopic (exact) mass is 181 g/mol. The van der Waals surface area contributed by atoms with Crippen molar-refractivity contribution >= 4 is 0 Å². The fourth-order valence-corrected chi connectivity index (χ4v) is 1.45. The maximum Gasteiger partial charge on any atom is -0.0351 e. The molecule has 13 heavy (non-hydrogen) atoms. The average Bonchev–Trinajstić information content (AvgIpc) is 2.16. The average molecular weight is 181 g/mol. The van der Waals surface area contributed by atoms with Crippen molar-refractivity contribution in [3.8, 4) is 0 Å². The van der Waals surface area contributed by atoms with Crippen molar-refractivity contribution < 1.29 is 0 Å². The summed E-state index contributed by atoms with van der Waals surface area (Å²) in [4.78, 5) is 0. The zero-order valence-corrected chi connectivity index (χ0v) is 9.23. The number of hydrogen-bond donors (Lipinski definition) is 0. The molecule has 0 aromatic rings. The first-order valence-electron chi connectivity index (χ1n) is 5.86. The van der Waals surface area contributed by atoms with E-state index in [2.05, 4.69) is 26.0 Å². The molecule has 0 amide bonds. The molecule has 0 saturated heterocycles. The Balaban J connectivity index is 2.87. The lowest BCUT2D eigenvalue weighted by Gasteiger charge is -1.98. The van der Waals surface area contributed by atoms with Gasteiger partial charge in [-0.25, -0.2) is 0 Å². The van der Waals surface area contributed by atoms with Crippen LogP contribution in [0.25, 0.3) is 0 Å². The van der Waals surface area contributed by atoms with Gasteiger partial charge in [-0.15, -0.1) is 0 Å². The molecule has 0 heteroatoms. The summed E-state index contributed by atoms with van der Waals surface area (Å²) in [6, 6.07) is 0. The summed E-state index contributed by atoms with van der Waals surface area (Å²) in [7, 11) is 0. The highest BCUT2D eigenvalue weighted by atomic mass is 13.9. The summed E-state index contributed by atoms with van der Waals surface area (Å²) in [5.41, 5.74) is 0. The second-order valence-corrected chi connectivity index (χ2v) is 3.67. The fraction of sp³-hybridized carbons (Fsp3) is 0.769. The minimum absolute atomic E-state index is 0.941. The Hall–Kier alpha value is -0.260. The molecule has 0 nitrogen and oxygen atoms in total. The number of unbranched alkanes of at least 4 members (excludes halogenated alkanes) is 7. The zero-order chi connectivity index (χ0) is 9.78. The molecule has 0 aliphatic rings. The van der Waals surface area contributed by atoms with Crippen LogP contribution in [0.15, 0.2) is 12.2 Å². The normalized spacial score (nSPS) is 11.2. The van der Waals surface area contributed by atoms with Gasteiger partial charge >= 0.3 is 0 Å². The van der Waals surface area contributed by atoms with Crippen LogP contribution in [0.4, 0.5) is 0 Å². The van der Waals surface area contributed by atoms with Gasteiger partial charge in [-0.05, 0) is 26.2 Å². The Bertz CT molecular complexity index is 103. The Morgan fingerprint density at radius 3 is 2.08 bits per heavy atom. The van der Waals surface area contributed by atoms with Gasteiger partial charge in [0.2, 0.25) is 0 Å². The SMILES string of the molecule is [CH2]C/C=C/CCCCCCCCC. The van der Waals surface area contributed by atoms with Gasteiger partial charge in [-0.1, -0.05) is 57.6 Å². The molecule has 0 aliphatic carbocycles. The third-order valence-corrected chi connectivity index (χ3v) is 2.31. The topological polar surface area (TPSA) is 0 Å². The van der Waals surface area contributed by atoms with Crippen molar-refractivity contribution in [3.63, 3.8) is 0 Å². The maximum absolute atomic E-state index is 3.77. The van der Waals surface area contributed by atoms with Crippen molar-refractivity contribution in [2.24, 2.45) is 0 Å². The van der Waals surface area contributed by atoms with Crippen LogP contribution in [0.3, 0.4) is 0 Å². The molecule has 0 spiro atoms.